The Bertz CT molecular complexity index is 838. The van der Waals surface area contributed by atoms with Crippen molar-refractivity contribution < 1.29 is 31.2 Å². The van der Waals surface area contributed by atoms with E-state index in [1.54, 1.807) is 24.3 Å². The highest BCUT2D eigenvalue weighted by atomic mass is 19.4. The summed E-state index contributed by atoms with van der Waals surface area (Å²) in [7, 11) is 0. The molecule has 2 aromatic rings. The van der Waals surface area contributed by atoms with Crippen LogP contribution in [0.3, 0.4) is 0 Å². The fourth-order valence-electron chi connectivity index (χ4n) is 2.75. The van der Waals surface area contributed by atoms with Crippen LogP contribution in [0.25, 0.3) is 0 Å². The smallest absolute Gasteiger partial charge is 0.374 e. The highest BCUT2D eigenvalue weighted by Gasteiger charge is 2.62. The van der Waals surface area contributed by atoms with Crippen molar-refractivity contribution in [2.75, 3.05) is 0 Å². The molecule has 0 spiro atoms. The molecule has 1 heterocycles. The van der Waals surface area contributed by atoms with Crippen molar-refractivity contribution in [3.05, 3.63) is 70.8 Å². The van der Waals surface area contributed by atoms with Crippen LogP contribution < -0.4 is 0 Å². The number of hydrogen-bond donors (Lipinski definition) is 0. The summed E-state index contributed by atoms with van der Waals surface area (Å²) in [6.07, 6.45) is -10.4. The zero-order chi connectivity index (χ0) is 19.2. The molecule has 0 N–H and O–H groups in total. The van der Waals surface area contributed by atoms with E-state index < -0.39 is 35.5 Å². The predicted molar refractivity (Wildman–Crippen MR) is 82.6 cm³/mol. The molecule has 0 aliphatic carbocycles. The fraction of sp³-hybridized carbons (Fsp3) is 0.278. The Balaban J connectivity index is 2.02. The second-order valence-electron chi connectivity index (χ2n) is 6.08. The Morgan fingerprint density at radius 2 is 1.62 bits per heavy atom. The van der Waals surface area contributed by atoms with Gasteiger partial charge in [-0.15, -0.1) is 0 Å². The van der Waals surface area contributed by atoms with Gasteiger partial charge in [0.2, 0.25) is 0 Å². The van der Waals surface area contributed by atoms with Crippen molar-refractivity contribution >= 4 is 5.71 Å². The van der Waals surface area contributed by atoms with Crippen LogP contribution in [0.15, 0.2) is 53.7 Å². The van der Waals surface area contributed by atoms with Gasteiger partial charge in [0.1, 0.15) is 0 Å². The molecule has 138 valence electrons. The van der Waals surface area contributed by atoms with Crippen molar-refractivity contribution in [1.29, 1.82) is 0 Å². The van der Waals surface area contributed by atoms with Gasteiger partial charge in [-0.1, -0.05) is 47.1 Å². The Hall–Kier alpha value is -2.51. The lowest BCUT2D eigenvalue weighted by Gasteiger charge is -2.30. The van der Waals surface area contributed by atoms with E-state index in [0.717, 1.165) is 17.7 Å². The van der Waals surface area contributed by atoms with Crippen molar-refractivity contribution in [2.24, 2.45) is 5.16 Å². The van der Waals surface area contributed by atoms with Gasteiger partial charge in [-0.25, -0.2) is 0 Å². The van der Waals surface area contributed by atoms with Gasteiger partial charge in [-0.3, -0.25) is 0 Å². The molecule has 1 aliphatic heterocycles. The van der Waals surface area contributed by atoms with Gasteiger partial charge in [0.05, 0.1) is 11.3 Å². The van der Waals surface area contributed by atoms with Gasteiger partial charge in [-0.2, -0.15) is 26.3 Å². The molecule has 0 saturated carbocycles. The first-order chi connectivity index (χ1) is 12.0. The summed E-state index contributed by atoms with van der Waals surface area (Å²) in [4.78, 5) is 4.75. The summed E-state index contributed by atoms with van der Waals surface area (Å²) in [5.41, 5.74) is -3.40. The standard InChI is InChI=1S/C18H13F6NO/c1-11-5-7-12(8-6-11)15-10-16(26-25-15,18(22,23)24)13-3-2-4-14(9-13)17(19,20)21/h2-9H,10H2,1H3. The first kappa shape index (κ1) is 18.3. The highest BCUT2D eigenvalue weighted by molar-refractivity contribution is 6.01. The Morgan fingerprint density at radius 3 is 2.19 bits per heavy atom. The van der Waals surface area contributed by atoms with E-state index in [1.165, 1.54) is 0 Å². The van der Waals surface area contributed by atoms with E-state index in [4.69, 9.17) is 4.84 Å². The molecule has 0 bridgehead atoms. The molecule has 0 aromatic heterocycles. The number of rotatable bonds is 2. The Labute approximate surface area is 145 Å². The number of nitrogens with zero attached hydrogens (tertiary/aromatic N) is 1. The van der Waals surface area contributed by atoms with Gasteiger partial charge >= 0.3 is 12.4 Å². The molecule has 8 heteroatoms. The maximum absolute atomic E-state index is 13.8. The molecule has 0 fully saturated rings. The molecule has 0 radical (unpaired) electrons. The molecular weight excluding hydrogens is 360 g/mol. The minimum Gasteiger partial charge on any atom is -0.374 e. The van der Waals surface area contributed by atoms with Gasteiger partial charge in [0, 0.05) is 12.0 Å². The average molecular weight is 373 g/mol. The molecule has 0 amide bonds. The zero-order valence-corrected chi connectivity index (χ0v) is 13.4. The lowest BCUT2D eigenvalue weighted by molar-refractivity contribution is -0.276. The monoisotopic (exact) mass is 373 g/mol. The molecule has 3 rings (SSSR count). The first-order valence-corrected chi connectivity index (χ1v) is 7.59. The second-order valence-corrected chi connectivity index (χ2v) is 6.08. The molecule has 1 unspecified atom stereocenters. The Morgan fingerprint density at radius 1 is 0.962 bits per heavy atom. The number of hydrogen-bond acceptors (Lipinski definition) is 2. The van der Waals surface area contributed by atoms with E-state index in [1.807, 2.05) is 6.92 Å². The van der Waals surface area contributed by atoms with E-state index in [0.29, 0.717) is 17.7 Å². The van der Waals surface area contributed by atoms with Crippen LogP contribution in [0.4, 0.5) is 26.3 Å². The number of oxime groups is 1. The summed E-state index contributed by atoms with van der Waals surface area (Å²) >= 11 is 0. The highest BCUT2D eigenvalue weighted by Crippen LogP contribution is 2.49. The summed E-state index contributed by atoms with van der Waals surface area (Å²) < 4.78 is 80.1. The van der Waals surface area contributed by atoms with E-state index in [-0.39, 0.29) is 5.71 Å². The molecule has 0 saturated heterocycles. The normalized spacial score (nSPS) is 20.7. The van der Waals surface area contributed by atoms with E-state index in [2.05, 4.69) is 5.16 Å². The fourth-order valence-corrected chi connectivity index (χ4v) is 2.75. The largest absolute Gasteiger partial charge is 0.435 e. The van der Waals surface area contributed by atoms with Crippen LogP contribution in [0.2, 0.25) is 0 Å². The topological polar surface area (TPSA) is 21.6 Å². The van der Waals surface area contributed by atoms with Gasteiger partial charge in [-0.05, 0) is 24.6 Å². The molecule has 1 aliphatic rings. The lowest BCUT2D eigenvalue weighted by atomic mass is 9.85. The molecule has 1 atom stereocenters. The van der Waals surface area contributed by atoms with Gasteiger partial charge in [0.15, 0.2) is 0 Å². The first-order valence-electron chi connectivity index (χ1n) is 7.59. The van der Waals surface area contributed by atoms with Crippen molar-refractivity contribution in [3.63, 3.8) is 0 Å². The third-order valence-corrected chi connectivity index (χ3v) is 4.23. The van der Waals surface area contributed by atoms with Gasteiger partial charge in [0.25, 0.3) is 5.60 Å². The minimum atomic E-state index is -4.95. The van der Waals surface area contributed by atoms with Gasteiger partial charge < -0.3 is 4.84 Å². The van der Waals surface area contributed by atoms with Crippen LogP contribution >= 0.6 is 0 Å². The van der Waals surface area contributed by atoms with E-state index in [9.17, 15) is 26.3 Å². The quantitative estimate of drug-likeness (QED) is 0.629. The lowest BCUT2D eigenvalue weighted by Crippen LogP contribution is -2.42. The number of benzene rings is 2. The summed E-state index contributed by atoms with van der Waals surface area (Å²) in [5, 5.41) is 3.54. The second kappa shape index (κ2) is 6.03. The summed E-state index contributed by atoms with van der Waals surface area (Å²) in [6, 6.07) is 9.66. The van der Waals surface area contributed by atoms with Crippen LogP contribution in [0, 0.1) is 6.92 Å². The maximum Gasteiger partial charge on any atom is 0.435 e. The predicted octanol–water partition coefficient (Wildman–Crippen LogP) is 5.60. The number of aryl methyl sites for hydroxylation is 1. The molecular formula is C18H13F6NO. The van der Waals surface area contributed by atoms with Crippen LogP contribution in [-0.4, -0.2) is 11.9 Å². The SMILES string of the molecule is Cc1ccc(C2=NOC(c3cccc(C(F)(F)F)c3)(C(F)(F)F)C2)cc1. The molecule has 2 nitrogen and oxygen atoms in total. The maximum atomic E-state index is 13.8. The summed E-state index contributed by atoms with van der Waals surface area (Å²) in [5.74, 6) is 0. The third-order valence-electron chi connectivity index (χ3n) is 4.23. The zero-order valence-electron chi connectivity index (χ0n) is 13.4. The van der Waals surface area contributed by atoms with Crippen LogP contribution in [0.5, 0.6) is 0 Å². The molecule has 26 heavy (non-hydrogen) atoms. The van der Waals surface area contributed by atoms with E-state index >= 15 is 0 Å². The summed E-state index contributed by atoms with van der Waals surface area (Å²) in [6.45, 7) is 1.82. The van der Waals surface area contributed by atoms with Crippen LogP contribution in [0.1, 0.15) is 28.7 Å². The molecule has 2 aromatic carbocycles. The Kier molecular flexibility index (Phi) is 4.24. The van der Waals surface area contributed by atoms with Crippen molar-refractivity contribution in [2.45, 2.75) is 31.3 Å². The average Bonchev–Trinajstić information content (AvgIpc) is 3.01. The number of alkyl halides is 6. The third kappa shape index (κ3) is 3.15. The van der Waals surface area contributed by atoms with Crippen LogP contribution in [-0.2, 0) is 16.6 Å². The number of halogens is 6. The van der Waals surface area contributed by atoms with Crippen molar-refractivity contribution in [1.82, 2.24) is 0 Å². The van der Waals surface area contributed by atoms with Crippen molar-refractivity contribution in [3.8, 4) is 0 Å². The minimum absolute atomic E-state index is 0.0275.